The van der Waals surface area contributed by atoms with Crippen LogP contribution in [0.15, 0.2) is 22.0 Å². The first-order valence-corrected chi connectivity index (χ1v) is 10.4. The maximum atomic E-state index is 12.6. The fourth-order valence-corrected chi connectivity index (χ4v) is 6.06. The van der Waals surface area contributed by atoms with Crippen LogP contribution in [0.4, 0.5) is 0 Å². The van der Waals surface area contributed by atoms with Crippen LogP contribution in [-0.4, -0.2) is 41.2 Å². The van der Waals surface area contributed by atoms with Crippen LogP contribution in [0.3, 0.4) is 0 Å². The molecule has 2 aromatic heterocycles. The van der Waals surface area contributed by atoms with Crippen LogP contribution >= 0.6 is 11.3 Å². The van der Waals surface area contributed by atoms with Crippen LogP contribution in [0.25, 0.3) is 10.7 Å². The van der Waals surface area contributed by atoms with Crippen molar-refractivity contribution in [3.05, 3.63) is 23.4 Å². The van der Waals surface area contributed by atoms with Gasteiger partial charge in [-0.05, 0) is 24.3 Å². The average Bonchev–Trinajstić information content (AvgIpc) is 3.17. The summed E-state index contributed by atoms with van der Waals surface area (Å²) in [4.78, 5) is 5.38. The molecule has 3 heterocycles. The summed E-state index contributed by atoms with van der Waals surface area (Å²) in [5, 5.41) is 5.77. The van der Waals surface area contributed by atoms with Gasteiger partial charge in [-0.2, -0.15) is 9.29 Å². The molecule has 0 spiro atoms. The minimum atomic E-state index is -3.16. The van der Waals surface area contributed by atoms with Crippen molar-refractivity contribution in [2.75, 3.05) is 13.1 Å². The van der Waals surface area contributed by atoms with Gasteiger partial charge in [-0.3, -0.25) is 0 Å². The molecule has 0 bridgehead atoms. The van der Waals surface area contributed by atoms with Crippen molar-refractivity contribution in [2.24, 2.45) is 0 Å². The second kappa shape index (κ2) is 5.99. The summed E-state index contributed by atoms with van der Waals surface area (Å²) >= 11 is 1.56. The Morgan fingerprint density at radius 3 is 2.70 bits per heavy atom. The fraction of sp³-hybridized carbons (Fsp3) is 0.600. The lowest BCUT2D eigenvalue weighted by Gasteiger charge is -2.39. The van der Waals surface area contributed by atoms with Gasteiger partial charge in [-0.15, -0.1) is 11.3 Å². The van der Waals surface area contributed by atoms with Crippen molar-refractivity contribution in [3.8, 4) is 10.7 Å². The Hall–Kier alpha value is -1.25. The number of rotatable bonds is 4. The van der Waals surface area contributed by atoms with Gasteiger partial charge in [0.15, 0.2) is 0 Å². The highest BCUT2D eigenvalue weighted by Gasteiger charge is 2.43. The summed E-state index contributed by atoms with van der Waals surface area (Å²) in [6, 6.07) is 3.89. The van der Waals surface area contributed by atoms with Crippen LogP contribution in [0.1, 0.15) is 43.9 Å². The Labute approximate surface area is 139 Å². The number of nitrogens with zero attached hydrogens (tertiary/aromatic N) is 3. The molecule has 1 saturated carbocycles. The van der Waals surface area contributed by atoms with Crippen LogP contribution in [0, 0.1) is 0 Å². The molecule has 0 N–H and O–H groups in total. The Morgan fingerprint density at radius 2 is 2.00 bits per heavy atom. The molecule has 1 aliphatic carbocycles. The second-order valence-corrected chi connectivity index (χ2v) is 9.41. The van der Waals surface area contributed by atoms with Crippen molar-refractivity contribution in [3.63, 3.8) is 0 Å². The fourth-order valence-electron chi connectivity index (χ4n) is 3.28. The van der Waals surface area contributed by atoms with Gasteiger partial charge in [0.25, 0.3) is 0 Å². The summed E-state index contributed by atoms with van der Waals surface area (Å²) in [5.74, 6) is 1.15. The first kappa shape index (κ1) is 15.3. The molecule has 0 aromatic carbocycles. The monoisotopic (exact) mass is 353 g/mol. The molecule has 1 aliphatic heterocycles. The van der Waals surface area contributed by atoms with Crippen LogP contribution < -0.4 is 0 Å². The van der Waals surface area contributed by atoms with E-state index in [0.29, 0.717) is 24.8 Å². The number of sulfonamides is 1. The molecule has 1 saturated heterocycles. The quantitative estimate of drug-likeness (QED) is 0.845. The summed E-state index contributed by atoms with van der Waals surface area (Å²) in [5.41, 5.74) is 0. The zero-order valence-corrected chi connectivity index (χ0v) is 14.4. The Kier molecular flexibility index (Phi) is 3.98. The van der Waals surface area contributed by atoms with Crippen molar-refractivity contribution >= 4 is 21.4 Å². The maximum absolute atomic E-state index is 12.6. The van der Waals surface area contributed by atoms with Crippen LogP contribution in [0.2, 0.25) is 0 Å². The van der Waals surface area contributed by atoms with Crippen molar-refractivity contribution in [2.45, 2.75) is 43.3 Å². The molecule has 23 heavy (non-hydrogen) atoms. The zero-order chi connectivity index (χ0) is 15.9. The van der Waals surface area contributed by atoms with Gasteiger partial charge < -0.3 is 4.52 Å². The third kappa shape index (κ3) is 2.83. The zero-order valence-electron chi connectivity index (χ0n) is 12.7. The minimum Gasteiger partial charge on any atom is -0.339 e. The predicted molar refractivity (Wildman–Crippen MR) is 87.7 cm³/mol. The molecule has 0 radical (unpaired) electrons. The highest BCUT2D eigenvalue weighted by molar-refractivity contribution is 7.89. The van der Waals surface area contributed by atoms with Gasteiger partial charge in [-0.25, -0.2) is 8.42 Å². The van der Waals surface area contributed by atoms with Crippen molar-refractivity contribution in [1.29, 1.82) is 0 Å². The first-order chi connectivity index (χ1) is 11.1. The van der Waals surface area contributed by atoms with E-state index in [4.69, 9.17) is 4.52 Å². The van der Waals surface area contributed by atoms with E-state index in [-0.39, 0.29) is 11.2 Å². The number of hydrogen-bond donors (Lipinski definition) is 0. The molecule has 0 atom stereocenters. The van der Waals surface area contributed by atoms with E-state index in [1.54, 1.807) is 15.6 Å². The lowest BCUT2D eigenvalue weighted by atomic mass is 10.0. The Bertz CT molecular complexity index is 758. The van der Waals surface area contributed by atoms with Gasteiger partial charge >= 0.3 is 0 Å². The highest BCUT2D eigenvalue weighted by Crippen LogP contribution is 2.34. The summed E-state index contributed by atoms with van der Waals surface area (Å²) in [6.45, 7) is 0.926. The van der Waals surface area contributed by atoms with Gasteiger partial charge in [0.2, 0.25) is 21.7 Å². The first-order valence-electron chi connectivity index (χ1n) is 8.01. The molecular weight excluding hydrogens is 334 g/mol. The molecule has 2 aliphatic rings. The number of thiophene rings is 1. The Morgan fingerprint density at radius 1 is 1.22 bits per heavy atom. The van der Waals surface area contributed by atoms with Crippen molar-refractivity contribution in [1.82, 2.24) is 14.4 Å². The molecule has 6 nitrogen and oxygen atoms in total. The molecule has 124 valence electrons. The molecule has 2 aromatic rings. The molecule has 4 rings (SSSR count). The molecule has 8 heteroatoms. The SMILES string of the molecule is O=S(=O)(C1CCCCC1)N1CC(c2nc(-c3cccs3)no2)C1. The minimum absolute atomic E-state index is 0.0228. The lowest BCUT2D eigenvalue weighted by Crippen LogP contribution is -2.52. The third-order valence-electron chi connectivity index (χ3n) is 4.71. The second-order valence-electron chi connectivity index (χ2n) is 6.25. The van der Waals surface area contributed by atoms with Gasteiger partial charge in [0, 0.05) is 13.1 Å². The largest absolute Gasteiger partial charge is 0.339 e. The lowest BCUT2D eigenvalue weighted by molar-refractivity contribution is 0.213. The van der Waals surface area contributed by atoms with E-state index >= 15 is 0 Å². The smallest absolute Gasteiger partial charge is 0.232 e. The number of aromatic nitrogens is 2. The molecule has 2 fully saturated rings. The molecule has 0 unspecified atom stereocenters. The predicted octanol–water partition coefficient (Wildman–Crippen LogP) is 2.86. The van der Waals surface area contributed by atoms with E-state index in [1.807, 2.05) is 17.5 Å². The normalized spacial score (nSPS) is 21.4. The molecular formula is C15H19N3O3S2. The topological polar surface area (TPSA) is 76.3 Å². The third-order valence-corrected chi connectivity index (χ3v) is 7.91. The standard InChI is InChI=1S/C15H19N3O3S2/c19-23(20,12-5-2-1-3-6-12)18-9-11(10-18)15-16-14(17-21-15)13-7-4-8-22-13/h4,7-8,11-12H,1-3,5-6,9-10H2. The molecule has 0 amide bonds. The van der Waals surface area contributed by atoms with E-state index in [1.165, 1.54) is 0 Å². The summed E-state index contributed by atoms with van der Waals surface area (Å²) < 4.78 is 32.1. The van der Waals surface area contributed by atoms with Gasteiger partial charge in [0.1, 0.15) is 0 Å². The van der Waals surface area contributed by atoms with Gasteiger partial charge in [0.05, 0.1) is 16.0 Å². The van der Waals surface area contributed by atoms with Crippen molar-refractivity contribution < 1.29 is 12.9 Å². The van der Waals surface area contributed by atoms with Crippen LogP contribution in [0.5, 0.6) is 0 Å². The number of hydrogen-bond acceptors (Lipinski definition) is 6. The van der Waals surface area contributed by atoms with Gasteiger partial charge in [-0.1, -0.05) is 30.5 Å². The average molecular weight is 353 g/mol. The van der Waals surface area contributed by atoms with E-state index in [9.17, 15) is 8.42 Å². The highest BCUT2D eigenvalue weighted by atomic mass is 32.2. The summed E-state index contributed by atoms with van der Waals surface area (Å²) in [7, 11) is -3.16. The van der Waals surface area contributed by atoms with E-state index < -0.39 is 10.0 Å². The maximum Gasteiger partial charge on any atom is 0.232 e. The van der Waals surface area contributed by atoms with E-state index in [0.717, 1.165) is 37.0 Å². The van der Waals surface area contributed by atoms with Crippen LogP contribution in [-0.2, 0) is 10.0 Å². The summed E-state index contributed by atoms with van der Waals surface area (Å²) in [6.07, 6.45) is 4.80. The Balaban J connectivity index is 1.41. The van der Waals surface area contributed by atoms with E-state index in [2.05, 4.69) is 10.1 Å².